The first-order valence-corrected chi connectivity index (χ1v) is 7.65. The molecule has 0 spiro atoms. The van der Waals surface area contributed by atoms with Crippen molar-refractivity contribution >= 4 is 13.1 Å². The van der Waals surface area contributed by atoms with Crippen LogP contribution in [-0.2, 0) is 11.2 Å². The minimum atomic E-state index is -4.60. The lowest BCUT2D eigenvalue weighted by atomic mass is 9.80. The summed E-state index contributed by atoms with van der Waals surface area (Å²) >= 11 is 0. The largest absolute Gasteiger partial charge is 0.481 e. The van der Waals surface area contributed by atoms with Gasteiger partial charge in [0.1, 0.15) is 6.04 Å². The average molecular weight is 345 g/mol. The Kier molecular flexibility index (Phi) is 5.57. The van der Waals surface area contributed by atoms with Gasteiger partial charge in [-0.3, -0.25) is 4.79 Å². The molecule has 0 heterocycles. The van der Waals surface area contributed by atoms with E-state index in [1.807, 2.05) is 0 Å². The third-order valence-corrected chi connectivity index (χ3v) is 4.47. The lowest BCUT2D eigenvalue weighted by molar-refractivity contribution is -0.149. The van der Waals surface area contributed by atoms with Crippen LogP contribution in [-0.4, -0.2) is 34.4 Å². The minimum absolute atomic E-state index is 0.128. The van der Waals surface area contributed by atoms with E-state index in [4.69, 9.17) is 15.8 Å². The summed E-state index contributed by atoms with van der Waals surface area (Å²) in [7, 11) is -1.45. The Morgan fingerprint density at radius 2 is 2.04 bits per heavy atom. The van der Waals surface area contributed by atoms with Gasteiger partial charge in [0, 0.05) is 0 Å². The Balaban J connectivity index is 2.24. The summed E-state index contributed by atoms with van der Waals surface area (Å²) in [5, 5.41) is 27.2. The molecule has 0 saturated heterocycles. The molecule has 0 aliphatic heterocycles. The van der Waals surface area contributed by atoms with Gasteiger partial charge in [0.05, 0.1) is 5.92 Å². The number of halogens is 3. The molecule has 5 nitrogen and oxygen atoms in total. The van der Waals surface area contributed by atoms with Crippen LogP contribution in [0, 0.1) is 5.92 Å². The molecular weight excluding hydrogens is 326 g/mol. The number of nitrogens with two attached hydrogens (primary N) is 1. The monoisotopic (exact) mass is 345 g/mol. The second kappa shape index (κ2) is 7.12. The number of hydrogen-bond acceptors (Lipinski definition) is 4. The van der Waals surface area contributed by atoms with Crippen molar-refractivity contribution in [1.82, 2.24) is 0 Å². The van der Waals surface area contributed by atoms with Crippen molar-refractivity contribution in [3.63, 3.8) is 0 Å². The molecular formula is C15H19BF3NO4. The summed E-state index contributed by atoms with van der Waals surface area (Å²) in [4.78, 5) is 11.6. The number of hydrogen-bond donors (Lipinski definition) is 4. The quantitative estimate of drug-likeness (QED) is 0.589. The maximum absolute atomic E-state index is 12.8. The summed E-state index contributed by atoms with van der Waals surface area (Å²) in [5.74, 6) is -2.29. The van der Waals surface area contributed by atoms with Crippen LogP contribution in [0.1, 0.15) is 41.5 Å². The lowest BCUT2D eigenvalue weighted by Gasteiger charge is -2.19. The van der Waals surface area contributed by atoms with Crippen LogP contribution in [0.25, 0.3) is 0 Å². The molecule has 5 N–H and O–H groups in total. The standard InChI is InChI=1S/C15H19BF3NO4/c17-15(18,19)13(20)10-4-3-8-6-9(2-1-5-16(23)24)12(14(21)22)11(8)7-10/h3-4,7,9,12-13,23-24H,1-2,5-6,20H2,(H,21,22)/t9-,12-,13+/m0/s1. The van der Waals surface area contributed by atoms with E-state index in [2.05, 4.69) is 0 Å². The van der Waals surface area contributed by atoms with Crippen molar-refractivity contribution in [1.29, 1.82) is 0 Å². The van der Waals surface area contributed by atoms with E-state index in [0.29, 0.717) is 30.4 Å². The fourth-order valence-electron chi connectivity index (χ4n) is 3.29. The molecule has 3 atom stereocenters. The minimum Gasteiger partial charge on any atom is -0.481 e. The van der Waals surface area contributed by atoms with Crippen LogP contribution < -0.4 is 5.73 Å². The SMILES string of the molecule is N[C@H](c1ccc2c(c1)[C@@H](C(=O)O)[C@@H](CCCB(O)O)C2)C(F)(F)F. The summed E-state index contributed by atoms with van der Waals surface area (Å²) in [5.41, 5.74) is 6.13. The number of carboxylic acid groups (broad SMARTS) is 1. The maximum Gasteiger partial charge on any atom is 0.451 e. The third kappa shape index (κ3) is 4.09. The van der Waals surface area contributed by atoms with Crippen LogP contribution in [0.5, 0.6) is 0 Å². The van der Waals surface area contributed by atoms with Crippen molar-refractivity contribution in [2.24, 2.45) is 11.7 Å². The molecule has 0 radical (unpaired) electrons. The molecule has 0 aromatic heterocycles. The van der Waals surface area contributed by atoms with Gasteiger partial charge in [0.25, 0.3) is 0 Å². The molecule has 0 bridgehead atoms. The first-order valence-electron chi connectivity index (χ1n) is 7.65. The van der Waals surface area contributed by atoms with Crippen LogP contribution in [0.4, 0.5) is 13.2 Å². The molecule has 2 rings (SSSR count). The van der Waals surface area contributed by atoms with Gasteiger partial charge >= 0.3 is 19.3 Å². The van der Waals surface area contributed by atoms with E-state index < -0.39 is 31.2 Å². The number of aliphatic carboxylic acids is 1. The molecule has 0 amide bonds. The molecule has 132 valence electrons. The van der Waals surface area contributed by atoms with Gasteiger partial charge in [-0.15, -0.1) is 0 Å². The Labute approximate surface area is 137 Å². The number of rotatable bonds is 6. The summed E-state index contributed by atoms with van der Waals surface area (Å²) in [6.45, 7) is 0. The molecule has 24 heavy (non-hydrogen) atoms. The predicted octanol–water partition coefficient (Wildman–Crippen LogP) is 1.84. The zero-order valence-electron chi connectivity index (χ0n) is 12.8. The van der Waals surface area contributed by atoms with E-state index in [1.165, 1.54) is 18.2 Å². The molecule has 1 aliphatic carbocycles. The fourth-order valence-corrected chi connectivity index (χ4v) is 3.29. The highest BCUT2D eigenvalue weighted by atomic mass is 19.4. The van der Waals surface area contributed by atoms with Crippen LogP contribution in [0.3, 0.4) is 0 Å². The van der Waals surface area contributed by atoms with Crippen molar-refractivity contribution < 1.29 is 33.1 Å². The number of benzene rings is 1. The Hall–Kier alpha value is -1.58. The van der Waals surface area contributed by atoms with E-state index in [1.54, 1.807) is 0 Å². The highest BCUT2D eigenvalue weighted by Gasteiger charge is 2.41. The Morgan fingerprint density at radius 3 is 2.58 bits per heavy atom. The van der Waals surface area contributed by atoms with Gasteiger partial charge in [-0.25, -0.2) is 0 Å². The summed E-state index contributed by atoms with van der Waals surface area (Å²) in [6, 6.07) is 1.89. The van der Waals surface area contributed by atoms with E-state index in [9.17, 15) is 23.1 Å². The normalized spacial score (nSPS) is 21.4. The lowest BCUT2D eigenvalue weighted by Crippen LogP contribution is -2.28. The van der Waals surface area contributed by atoms with Gasteiger partial charge in [-0.2, -0.15) is 13.2 Å². The molecule has 1 aromatic carbocycles. The van der Waals surface area contributed by atoms with Crippen molar-refractivity contribution in [3.8, 4) is 0 Å². The Morgan fingerprint density at radius 1 is 1.38 bits per heavy atom. The third-order valence-electron chi connectivity index (χ3n) is 4.47. The molecule has 0 unspecified atom stereocenters. The highest BCUT2D eigenvalue weighted by molar-refractivity contribution is 6.40. The van der Waals surface area contributed by atoms with E-state index in [0.717, 1.165) is 0 Å². The topological polar surface area (TPSA) is 104 Å². The highest BCUT2D eigenvalue weighted by Crippen LogP contribution is 2.42. The second-order valence-electron chi connectivity index (χ2n) is 6.17. The predicted molar refractivity (Wildman–Crippen MR) is 81.2 cm³/mol. The van der Waals surface area contributed by atoms with Crippen molar-refractivity contribution in [3.05, 3.63) is 34.9 Å². The smallest absolute Gasteiger partial charge is 0.451 e. The van der Waals surface area contributed by atoms with Crippen molar-refractivity contribution in [2.75, 3.05) is 0 Å². The molecule has 9 heteroatoms. The van der Waals surface area contributed by atoms with Gasteiger partial charge in [0.15, 0.2) is 0 Å². The number of carboxylic acids is 1. The van der Waals surface area contributed by atoms with Gasteiger partial charge in [0.2, 0.25) is 0 Å². The molecule has 1 aromatic rings. The summed E-state index contributed by atoms with van der Waals surface area (Å²) in [6.07, 6.45) is -3.15. The number of carbonyl (C=O) groups is 1. The summed E-state index contributed by atoms with van der Waals surface area (Å²) < 4.78 is 38.3. The van der Waals surface area contributed by atoms with E-state index >= 15 is 0 Å². The van der Waals surface area contributed by atoms with Crippen LogP contribution in [0.15, 0.2) is 18.2 Å². The van der Waals surface area contributed by atoms with Gasteiger partial charge < -0.3 is 20.9 Å². The zero-order chi connectivity index (χ0) is 18.1. The number of alkyl halides is 3. The van der Waals surface area contributed by atoms with E-state index in [-0.39, 0.29) is 17.8 Å². The average Bonchev–Trinajstić information content (AvgIpc) is 2.82. The Bertz CT molecular complexity index is 609. The maximum atomic E-state index is 12.8. The second-order valence-corrected chi connectivity index (χ2v) is 6.17. The molecule has 0 fully saturated rings. The fraction of sp³-hybridized carbons (Fsp3) is 0.533. The first-order chi connectivity index (χ1) is 11.1. The van der Waals surface area contributed by atoms with Gasteiger partial charge in [-0.05, 0) is 41.8 Å². The van der Waals surface area contributed by atoms with Crippen LogP contribution in [0.2, 0.25) is 6.32 Å². The zero-order valence-corrected chi connectivity index (χ0v) is 12.8. The number of fused-ring (bicyclic) bond motifs is 1. The van der Waals surface area contributed by atoms with Crippen LogP contribution >= 0.6 is 0 Å². The first kappa shape index (κ1) is 18.8. The van der Waals surface area contributed by atoms with Gasteiger partial charge in [-0.1, -0.05) is 24.6 Å². The van der Waals surface area contributed by atoms with Crippen molar-refractivity contribution in [2.45, 2.75) is 43.7 Å². The molecule has 0 saturated carbocycles. The molecule has 1 aliphatic rings.